The van der Waals surface area contributed by atoms with Gasteiger partial charge in [-0.3, -0.25) is 4.79 Å². The molecule has 1 heterocycles. The van der Waals surface area contributed by atoms with Crippen molar-refractivity contribution in [3.8, 4) is 0 Å². The van der Waals surface area contributed by atoms with Crippen LogP contribution in [-0.4, -0.2) is 45.4 Å². The number of aryl methyl sites for hydroxylation is 1. The number of hydrogen-bond acceptors (Lipinski definition) is 4. The number of amides is 1. The van der Waals surface area contributed by atoms with Gasteiger partial charge in [0.1, 0.15) is 0 Å². The zero-order chi connectivity index (χ0) is 17.7. The molecule has 8 heteroatoms. The lowest BCUT2D eigenvalue weighted by Crippen LogP contribution is -2.42. The number of rotatable bonds is 7. The van der Waals surface area contributed by atoms with E-state index in [4.69, 9.17) is 5.73 Å². The Morgan fingerprint density at radius 2 is 2.21 bits per heavy atom. The minimum Gasteiger partial charge on any atom is -0.369 e. The van der Waals surface area contributed by atoms with Gasteiger partial charge in [0.05, 0.1) is 10.8 Å². The monoisotopic (exact) mass is 417 g/mol. The maximum atomic E-state index is 12.3. The fourth-order valence-corrected chi connectivity index (χ4v) is 4.27. The Morgan fingerprint density at radius 3 is 2.88 bits per heavy atom. The van der Waals surface area contributed by atoms with Crippen LogP contribution in [0, 0.1) is 12.8 Å². The minimum absolute atomic E-state index is 0.0822. The number of halogens is 1. The second-order valence-corrected chi connectivity index (χ2v) is 8.83. The van der Waals surface area contributed by atoms with Crippen molar-refractivity contribution in [3.63, 3.8) is 0 Å². The van der Waals surface area contributed by atoms with Gasteiger partial charge in [0.15, 0.2) is 0 Å². The van der Waals surface area contributed by atoms with Crippen molar-refractivity contribution >= 4 is 31.9 Å². The first-order valence-electron chi connectivity index (χ1n) is 8.07. The van der Waals surface area contributed by atoms with Gasteiger partial charge < -0.3 is 10.6 Å². The van der Waals surface area contributed by atoms with Gasteiger partial charge in [0.25, 0.3) is 0 Å². The van der Waals surface area contributed by atoms with Crippen molar-refractivity contribution in [2.75, 3.05) is 26.2 Å². The van der Waals surface area contributed by atoms with Gasteiger partial charge in [0.2, 0.25) is 15.9 Å². The number of primary amides is 1. The molecule has 1 aromatic carbocycles. The van der Waals surface area contributed by atoms with E-state index in [1.165, 1.54) is 0 Å². The third-order valence-corrected chi connectivity index (χ3v) is 6.64. The molecule has 134 valence electrons. The van der Waals surface area contributed by atoms with Crippen LogP contribution >= 0.6 is 15.9 Å². The van der Waals surface area contributed by atoms with E-state index in [0.29, 0.717) is 19.5 Å². The molecule has 1 aliphatic rings. The summed E-state index contributed by atoms with van der Waals surface area (Å²) in [4.78, 5) is 13.7. The molecule has 1 saturated heterocycles. The summed E-state index contributed by atoms with van der Waals surface area (Å²) in [5.41, 5.74) is 6.25. The third-order valence-electron chi connectivity index (χ3n) is 4.29. The van der Waals surface area contributed by atoms with Gasteiger partial charge in [-0.25, -0.2) is 13.1 Å². The summed E-state index contributed by atoms with van der Waals surface area (Å²) in [7, 11) is -3.49. The lowest BCUT2D eigenvalue weighted by Gasteiger charge is -2.31. The van der Waals surface area contributed by atoms with Crippen LogP contribution < -0.4 is 10.5 Å². The summed E-state index contributed by atoms with van der Waals surface area (Å²) >= 11 is 3.37. The summed E-state index contributed by atoms with van der Waals surface area (Å²) in [5, 5.41) is 0. The Morgan fingerprint density at radius 1 is 1.46 bits per heavy atom. The molecule has 0 radical (unpaired) electrons. The highest BCUT2D eigenvalue weighted by Crippen LogP contribution is 2.20. The highest BCUT2D eigenvalue weighted by atomic mass is 79.9. The van der Waals surface area contributed by atoms with Crippen LogP contribution in [0.25, 0.3) is 0 Å². The molecule has 1 aromatic rings. The van der Waals surface area contributed by atoms with E-state index in [0.717, 1.165) is 36.0 Å². The van der Waals surface area contributed by atoms with Crippen molar-refractivity contribution in [1.29, 1.82) is 0 Å². The molecule has 0 aliphatic carbocycles. The predicted octanol–water partition coefficient (Wildman–Crippen LogP) is 1.62. The molecule has 0 bridgehead atoms. The number of piperidine rings is 1. The molecule has 3 N–H and O–H groups in total. The largest absolute Gasteiger partial charge is 0.369 e. The van der Waals surface area contributed by atoms with E-state index in [2.05, 4.69) is 25.6 Å². The van der Waals surface area contributed by atoms with Crippen LogP contribution in [0.5, 0.6) is 0 Å². The van der Waals surface area contributed by atoms with Gasteiger partial charge >= 0.3 is 0 Å². The quantitative estimate of drug-likeness (QED) is 0.659. The van der Waals surface area contributed by atoms with E-state index < -0.39 is 10.0 Å². The second kappa shape index (κ2) is 8.42. The minimum atomic E-state index is -3.49. The molecule has 0 saturated carbocycles. The first kappa shape index (κ1) is 19.4. The molecule has 0 aromatic heterocycles. The Bertz CT molecular complexity index is 694. The first-order valence-corrected chi connectivity index (χ1v) is 10.3. The lowest BCUT2D eigenvalue weighted by molar-refractivity contribution is -0.123. The Hall–Kier alpha value is -0.960. The average Bonchev–Trinajstić information content (AvgIpc) is 2.54. The third kappa shape index (κ3) is 5.27. The molecular weight excluding hydrogens is 394 g/mol. The number of hydrogen-bond donors (Lipinski definition) is 2. The molecular formula is C16H24BrN3O3S. The fraction of sp³-hybridized carbons (Fsp3) is 0.562. The van der Waals surface area contributed by atoms with Gasteiger partial charge in [0, 0.05) is 17.6 Å². The zero-order valence-corrected chi connectivity index (χ0v) is 16.2. The Kier molecular flexibility index (Phi) is 6.79. The molecule has 1 atom stereocenters. The SMILES string of the molecule is Cc1cc(S(=O)(=O)NCCCN2CCCC(C(N)=O)C2)ccc1Br. The second-order valence-electron chi connectivity index (χ2n) is 6.20. The van der Waals surface area contributed by atoms with Crippen molar-refractivity contribution in [2.45, 2.75) is 31.1 Å². The van der Waals surface area contributed by atoms with Gasteiger partial charge in [-0.15, -0.1) is 0 Å². The fourth-order valence-electron chi connectivity index (χ4n) is 2.87. The number of carbonyl (C=O) groups excluding carboxylic acids is 1. The number of sulfonamides is 1. The van der Waals surface area contributed by atoms with Crippen molar-refractivity contribution in [2.24, 2.45) is 11.7 Å². The molecule has 1 unspecified atom stereocenters. The topological polar surface area (TPSA) is 92.5 Å². The standard InChI is InChI=1S/C16H24BrN3O3S/c1-12-10-14(5-6-15(12)17)24(22,23)19-7-3-9-20-8-2-4-13(11-20)16(18)21/h5-6,10,13,19H,2-4,7-9,11H2,1H3,(H2,18,21). The number of benzene rings is 1. The van der Waals surface area contributed by atoms with Crippen molar-refractivity contribution < 1.29 is 13.2 Å². The van der Waals surface area contributed by atoms with Crippen LogP contribution in [0.1, 0.15) is 24.8 Å². The maximum Gasteiger partial charge on any atom is 0.240 e. The van der Waals surface area contributed by atoms with Crippen molar-refractivity contribution in [1.82, 2.24) is 9.62 Å². The number of carbonyl (C=O) groups is 1. The van der Waals surface area contributed by atoms with Crippen molar-refractivity contribution in [3.05, 3.63) is 28.2 Å². The molecule has 6 nitrogen and oxygen atoms in total. The first-order chi connectivity index (χ1) is 11.3. The predicted molar refractivity (Wildman–Crippen MR) is 97.0 cm³/mol. The van der Waals surface area contributed by atoms with E-state index >= 15 is 0 Å². The molecule has 2 rings (SSSR count). The summed E-state index contributed by atoms with van der Waals surface area (Å²) in [6, 6.07) is 4.97. The normalized spacial score (nSPS) is 19.3. The van der Waals surface area contributed by atoms with Gasteiger partial charge in [-0.1, -0.05) is 15.9 Å². The molecule has 1 aliphatic heterocycles. The Balaban J connectivity index is 1.80. The summed E-state index contributed by atoms with van der Waals surface area (Å²) < 4.78 is 28.1. The van der Waals surface area contributed by atoms with E-state index in [1.54, 1.807) is 18.2 Å². The maximum absolute atomic E-state index is 12.3. The van der Waals surface area contributed by atoms with Crippen LogP contribution in [0.4, 0.5) is 0 Å². The van der Waals surface area contributed by atoms with E-state index in [1.807, 2.05) is 6.92 Å². The Labute approximate surface area is 152 Å². The highest BCUT2D eigenvalue weighted by molar-refractivity contribution is 9.10. The van der Waals surface area contributed by atoms with Crippen LogP contribution in [0.2, 0.25) is 0 Å². The van der Waals surface area contributed by atoms with Gasteiger partial charge in [-0.05, 0) is 63.0 Å². The van der Waals surface area contributed by atoms with Crippen LogP contribution in [0.15, 0.2) is 27.6 Å². The highest BCUT2D eigenvalue weighted by Gasteiger charge is 2.23. The number of likely N-dealkylation sites (tertiary alicyclic amines) is 1. The smallest absolute Gasteiger partial charge is 0.240 e. The lowest BCUT2D eigenvalue weighted by atomic mass is 9.97. The molecule has 0 spiro atoms. The molecule has 1 amide bonds. The van der Waals surface area contributed by atoms with E-state index in [-0.39, 0.29) is 16.7 Å². The number of nitrogens with zero attached hydrogens (tertiary/aromatic N) is 1. The van der Waals surface area contributed by atoms with E-state index in [9.17, 15) is 13.2 Å². The zero-order valence-electron chi connectivity index (χ0n) is 13.8. The molecule has 24 heavy (non-hydrogen) atoms. The summed E-state index contributed by atoms with van der Waals surface area (Å²) in [6.07, 6.45) is 2.50. The number of nitrogens with two attached hydrogens (primary N) is 1. The van der Waals surface area contributed by atoms with Crippen LogP contribution in [-0.2, 0) is 14.8 Å². The summed E-state index contributed by atoms with van der Waals surface area (Å²) in [6.45, 7) is 4.59. The number of nitrogens with one attached hydrogen (secondary N) is 1. The average molecular weight is 418 g/mol. The molecule has 1 fully saturated rings. The van der Waals surface area contributed by atoms with Crippen LogP contribution in [0.3, 0.4) is 0 Å². The summed E-state index contributed by atoms with van der Waals surface area (Å²) in [5.74, 6) is -0.327. The van der Waals surface area contributed by atoms with Gasteiger partial charge in [-0.2, -0.15) is 0 Å².